The van der Waals surface area contributed by atoms with Crippen LogP contribution >= 0.6 is 11.3 Å². The van der Waals surface area contributed by atoms with Gasteiger partial charge in [0.25, 0.3) is 5.91 Å². The fourth-order valence-electron chi connectivity index (χ4n) is 2.81. The number of hydrogen-bond acceptors (Lipinski definition) is 5. The van der Waals surface area contributed by atoms with Crippen molar-refractivity contribution in [1.82, 2.24) is 9.88 Å². The normalized spacial score (nSPS) is 18.2. The molecule has 1 aliphatic rings. The number of carbonyl (C=O) groups excluding carboxylic acids is 1. The summed E-state index contributed by atoms with van der Waals surface area (Å²) in [6.07, 6.45) is 2.17. The van der Waals surface area contributed by atoms with Gasteiger partial charge < -0.3 is 14.4 Å². The van der Waals surface area contributed by atoms with E-state index in [-0.39, 0.29) is 5.91 Å². The molecule has 23 heavy (non-hydrogen) atoms. The topological polar surface area (TPSA) is 83.6 Å². The molecule has 3 heterocycles. The molecule has 1 amide bonds. The van der Waals surface area contributed by atoms with Gasteiger partial charge in [0.15, 0.2) is 10.8 Å². The standard InChI is InChI=1S/C16H18N2O4S/c1-9-6-7-12(22-9)14-17-10(2)13(23-14)15(19)18-8-4-3-5-11(18)16(20)21/h6-7,11H,3-5,8H2,1-2H3,(H,20,21)/t11-/m1/s1. The van der Waals surface area contributed by atoms with E-state index in [1.807, 2.05) is 19.1 Å². The van der Waals surface area contributed by atoms with E-state index in [1.54, 1.807) is 6.92 Å². The second-order valence-corrected chi connectivity index (χ2v) is 6.69. The Morgan fingerprint density at radius 2 is 2.13 bits per heavy atom. The lowest BCUT2D eigenvalue weighted by atomic mass is 10.0. The minimum absolute atomic E-state index is 0.248. The van der Waals surface area contributed by atoms with Crippen molar-refractivity contribution in [2.75, 3.05) is 6.54 Å². The molecule has 1 aliphatic heterocycles. The number of carbonyl (C=O) groups is 2. The molecule has 3 rings (SSSR count). The van der Waals surface area contributed by atoms with Crippen LogP contribution in [0.25, 0.3) is 10.8 Å². The van der Waals surface area contributed by atoms with Gasteiger partial charge in [0.2, 0.25) is 0 Å². The van der Waals surface area contributed by atoms with Gasteiger partial charge in [-0.05, 0) is 45.2 Å². The van der Waals surface area contributed by atoms with E-state index < -0.39 is 12.0 Å². The highest BCUT2D eigenvalue weighted by atomic mass is 32.1. The highest BCUT2D eigenvalue weighted by molar-refractivity contribution is 7.17. The first-order valence-electron chi connectivity index (χ1n) is 7.55. The Hall–Kier alpha value is -2.15. The van der Waals surface area contributed by atoms with Gasteiger partial charge in [0.1, 0.15) is 16.7 Å². The number of aromatic nitrogens is 1. The van der Waals surface area contributed by atoms with E-state index in [4.69, 9.17) is 4.42 Å². The zero-order chi connectivity index (χ0) is 16.6. The van der Waals surface area contributed by atoms with Crippen LogP contribution in [0.15, 0.2) is 16.5 Å². The Morgan fingerprint density at radius 3 is 2.78 bits per heavy atom. The van der Waals surface area contributed by atoms with E-state index in [0.717, 1.165) is 18.6 Å². The minimum atomic E-state index is -0.942. The van der Waals surface area contributed by atoms with Crippen LogP contribution in [0.3, 0.4) is 0 Å². The molecule has 0 saturated carbocycles. The van der Waals surface area contributed by atoms with Gasteiger partial charge in [-0.15, -0.1) is 11.3 Å². The van der Waals surface area contributed by atoms with Crippen LogP contribution in [0, 0.1) is 13.8 Å². The van der Waals surface area contributed by atoms with Gasteiger partial charge in [-0.3, -0.25) is 4.79 Å². The van der Waals surface area contributed by atoms with Gasteiger partial charge in [-0.1, -0.05) is 0 Å². The van der Waals surface area contributed by atoms with Crippen LogP contribution in [0.4, 0.5) is 0 Å². The molecule has 1 fully saturated rings. The maximum atomic E-state index is 12.8. The molecule has 0 aliphatic carbocycles. The van der Waals surface area contributed by atoms with Crippen molar-refractivity contribution in [3.63, 3.8) is 0 Å². The second-order valence-electron chi connectivity index (χ2n) is 5.69. The number of nitrogens with zero attached hydrogens (tertiary/aromatic N) is 2. The maximum absolute atomic E-state index is 12.8. The summed E-state index contributed by atoms with van der Waals surface area (Å²) in [6.45, 7) is 4.09. The molecule has 1 atom stereocenters. The molecule has 2 aromatic heterocycles. The summed E-state index contributed by atoms with van der Waals surface area (Å²) >= 11 is 1.25. The molecule has 0 unspecified atom stereocenters. The Kier molecular flexibility index (Phi) is 4.21. The molecule has 2 aromatic rings. The van der Waals surface area contributed by atoms with E-state index in [9.17, 15) is 14.7 Å². The first-order chi connectivity index (χ1) is 11.0. The first kappa shape index (κ1) is 15.7. The van der Waals surface area contributed by atoms with Crippen molar-refractivity contribution in [3.05, 3.63) is 28.5 Å². The Bertz CT molecular complexity index is 749. The number of aliphatic carboxylic acids is 1. The lowest BCUT2D eigenvalue weighted by molar-refractivity contribution is -0.143. The third-order valence-electron chi connectivity index (χ3n) is 3.99. The lowest BCUT2D eigenvalue weighted by Gasteiger charge is -2.32. The van der Waals surface area contributed by atoms with Crippen LogP contribution in [0.5, 0.6) is 0 Å². The van der Waals surface area contributed by atoms with Crippen molar-refractivity contribution in [2.24, 2.45) is 0 Å². The van der Waals surface area contributed by atoms with Crippen molar-refractivity contribution in [2.45, 2.75) is 39.2 Å². The summed E-state index contributed by atoms with van der Waals surface area (Å²) in [6, 6.07) is 2.92. The van der Waals surface area contributed by atoms with Gasteiger partial charge in [-0.25, -0.2) is 9.78 Å². The van der Waals surface area contributed by atoms with Crippen molar-refractivity contribution >= 4 is 23.2 Å². The number of piperidine rings is 1. The number of hydrogen-bond donors (Lipinski definition) is 1. The van der Waals surface area contributed by atoms with Crippen LogP contribution in [0.2, 0.25) is 0 Å². The highest BCUT2D eigenvalue weighted by Crippen LogP contribution is 2.31. The third-order valence-corrected chi connectivity index (χ3v) is 5.15. The lowest BCUT2D eigenvalue weighted by Crippen LogP contribution is -2.47. The van der Waals surface area contributed by atoms with Gasteiger partial charge >= 0.3 is 5.97 Å². The number of likely N-dealkylation sites (tertiary alicyclic amines) is 1. The highest BCUT2D eigenvalue weighted by Gasteiger charge is 2.34. The van der Waals surface area contributed by atoms with E-state index >= 15 is 0 Å². The fourth-order valence-corrected chi connectivity index (χ4v) is 3.80. The van der Waals surface area contributed by atoms with Gasteiger partial charge in [0.05, 0.1) is 5.69 Å². The molecule has 0 bridgehead atoms. The molecule has 122 valence electrons. The average molecular weight is 334 g/mol. The smallest absolute Gasteiger partial charge is 0.326 e. The quantitative estimate of drug-likeness (QED) is 0.932. The number of carboxylic acid groups (broad SMARTS) is 1. The summed E-state index contributed by atoms with van der Waals surface area (Å²) in [5.74, 6) is 0.217. The zero-order valence-electron chi connectivity index (χ0n) is 13.0. The van der Waals surface area contributed by atoms with Crippen molar-refractivity contribution < 1.29 is 19.1 Å². The summed E-state index contributed by atoms with van der Waals surface area (Å²) in [7, 11) is 0. The fraction of sp³-hybridized carbons (Fsp3) is 0.438. The van der Waals surface area contributed by atoms with Crippen LogP contribution in [0.1, 0.15) is 40.4 Å². The number of amides is 1. The molecular formula is C16H18N2O4S. The third kappa shape index (κ3) is 3.01. The second kappa shape index (κ2) is 6.16. The molecule has 0 spiro atoms. The molecule has 0 radical (unpaired) electrons. The predicted octanol–water partition coefficient (Wildman–Crippen LogP) is 3.10. The summed E-state index contributed by atoms with van der Waals surface area (Å²) < 4.78 is 5.55. The first-order valence-corrected chi connectivity index (χ1v) is 8.37. The largest absolute Gasteiger partial charge is 0.480 e. The molecule has 0 aromatic carbocycles. The van der Waals surface area contributed by atoms with E-state index in [0.29, 0.717) is 34.3 Å². The summed E-state index contributed by atoms with van der Waals surface area (Å²) in [5, 5.41) is 9.98. The zero-order valence-corrected chi connectivity index (χ0v) is 13.9. The maximum Gasteiger partial charge on any atom is 0.326 e. The number of furan rings is 1. The molecule has 7 heteroatoms. The minimum Gasteiger partial charge on any atom is -0.480 e. The number of carboxylic acids is 1. The van der Waals surface area contributed by atoms with Crippen molar-refractivity contribution in [3.8, 4) is 10.8 Å². The molecule has 1 saturated heterocycles. The van der Waals surface area contributed by atoms with Gasteiger partial charge in [-0.2, -0.15) is 0 Å². The van der Waals surface area contributed by atoms with E-state index in [2.05, 4.69) is 4.98 Å². The Labute approximate surface area is 137 Å². The van der Waals surface area contributed by atoms with Crippen molar-refractivity contribution in [1.29, 1.82) is 0 Å². The van der Waals surface area contributed by atoms with E-state index in [1.165, 1.54) is 16.2 Å². The number of thiazole rings is 1. The summed E-state index contributed by atoms with van der Waals surface area (Å²) in [5.41, 5.74) is 0.610. The van der Waals surface area contributed by atoms with Crippen LogP contribution in [-0.2, 0) is 4.79 Å². The summed E-state index contributed by atoms with van der Waals surface area (Å²) in [4.78, 5) is 30.5. The molecule has 1 N–H and O–H groups in total. The monoisotopic (exact) mass is 334 g/mol. The van der Waals surface area contributed by atoms with Crippen LogP contribution in [-0.4, -0.2) is 39.5 Å². The Morgan fingerprint density at radius 1 is 1.35 bits per heavy atom. The number of aryl methyl sites for hydroxylation is 2. The Balaban J connectivity index is 1.90. The SMILES string of the molecule is Cc1ccc(-c2nc(C)c(C(=O)N3CCCC[C@@H]3C(=O)O)s2)o1. The molecule has 6 nitrogen and oxygen atoms in total. The van der Waals surface area contributed by atoms with Gasteiger partial charge in [0, 0.05) is 6.54 Å². The number of rotatable bonds is 3. The van der Waals surface area contributed by atoms with Crippen LogP contribution < -0.4 is 0 Å². The molecular weight excluding hydrogens is 316 g/mol. The average Bonchev–Trinajstić information content (AvgIpc) is 3.12. The predicted molar refractivity (Wildman–Crippen MR) is 85.6 cm³/mol.